The van der Waals surface area contributed by atoms with E-state index in [2.05, 4.69) is 20.8 Å². The molecule has 0 N–H and O–H groups in total. The van der Waals surface area contributed by atoms with E-state index < -0.39 is 11.8 Å². The number of hydrogen-bond donors (Lipinski definition) is 0. The summed E-state index contributed by atoms with van der Waals surface area (Å²) in [5.74, 6) is -0.719. The Morgan fingerprint density at radius 1 is 0.848 bits per heavy atom. The van der Waals surface area contributed by atoms with Gasteiger partial charge in [-0.3, -0.25) is 24.2 Å². The summed E-state index contributed by atoms with van der Waals surface area (Å²) in [7, 11) is 1.52. The van der Waals surface area contributed by atoms with Gasteiger partial charge in [-0.25, -0.2) is 0 Å². The van der Waals surface area contributed by atoms with Gasteiger partial charge in [0.2, 0.25) is 0 Å². The summed E-state index contributed by atoms with van der Waals surface area (Å²) in [5.41, 5.74) is 2.65. The molecule has 1 heterocycles. The van der Waals surface area contributed by atoms with Gasteiger partial charge >= 0.3 is 0 Å². The Morgan fingerprint density at radius 2 is 1.39 bits per heavy atom. The Morgan fingerprint density at radius 3 is 1.94 bits per heavy atom. The number of fused-ring (bicyclic) bond motifs is 1. The predicted molar refractivity (Wildman–Crippen MR) is 127 cm³/mol. The second-order valence-electron chi connectivity index (χ2n) is 8.96. The van der Waals surface area contributed by atoms with Gasteiger partial charge in [0, 0.05) is 5.56 Å². The molecule has 0 atom stereocenters. The number of ether oxygens (including phenoxy) is 1. The maximum absolute atomic E-state index is 13.7. The number of amides is 3. The lowest BCUT2D eigenvalue weighted by Gasteiger charge is -2.28. The molecule has 0 radical (unpaired) electrons. The van der Waals surface area contributed by atoms with Gasteiger partial charge in [-0.2, -0.15) is 0 Å². The number of carbonyl (C=O) groups is 3. The van der Waals surface area contributed by atoms with Gasteiger partial charge in [0.25, 0.3) is 17.7 Å². The third-order valence-electron chi connectivity index (χ3n) is 5.78. The molecule has 1 aliphatic rings. The van der Waals surface area contributed by atoms with Crippen molar-refractivity contribution in [1.29, 1.82) is 0 Å². The molecule has 6 nitrogen and oxygen atoms in total. The molecule has 4 rings (SSSR count). The number of hydrogen-bond acceptors (Lipinski definition) is 4. The number of anilines is 1. The van der Waals surface area contributed by atoms with Crippen LogP contribution in [0.25, 0.3) is 0 Å². The van der Waals surface area contributed by atoms with E-state index in [0.29, 0.717) is 28.1 Å². The van der Waals surface area contributed by atoms with Crippen LogP contribution in [0.2, 0.25) is 0 Å². The van der Waals surface area contributed by atoms with Crippen LogP contribution in [0.15, 0.2) is 72.8 Å². The zero-order valence-corrected chi connectivity index (χ0v) is 19.2. The van der Waals surface area contributed by atoms with Crippen LogP contribution in [0, 0.1) is 0 Å². The summed E-state index contributed by atoms with van der Waals surface area (Å²) in [6.07, 6.45) is 0. The number of carbonyl (C=O) groups excluding carboxylic acids is 3. The van der Waals surface area contributed by atoms with Crippen molar-refractivity contribution in [2.45, 2.75) is 26.2 Å². The average Bonchev–Trinajstić information content (AvgIpc) is 3.06. The second-order valence-corrected chi connectivity index (χ2v) is 8.96. The second kappa shape index (κ2) is 8.54. The van der Waals surface area contributed by atoms with Gasteiger partial charge in [0.05, 0.1) is 23.9 Å². The van der Waals surface area contributed by atoms with Crippen molar-refractivity contribution in [3.8, 4) is 5.75 Å². The summed E-state index contributed by atoms with van der Waals surface area (Å²) in [6, 6.07) is 21.1. The lowest BCUT2D eigenvalue weighted by atomic mass is 9.86. The molecule has 0 saturated heterocycles. The third kappa shape index (κ3) is 4.12. The Labute approximate surface area is 193 Å². The highest BCUT2D eigenvalue weighted by Crippen LogP contribution is 2.31. The molecule has 0 saturated carbocycles. The van der Waals surface area contributed by atoms with Crippen LogP contribution in [-0.4, -0.2) is 36.4 Å². The normalized spacial score (nSPS) is 13.2. The van der Waals surface area contributed by atoms with Crippen LogP contribution in [-0.2, 0) is 5.41 Å². The van der Waals surface area contributed by atoms with Gasteiger partial charge in [-0.1, -0.05) is 57.2 Å². The third-order valence-corrected chi connectivity index (χ3v) is 5.78. The standard InChI is InChI=1S/C27H26N2O4/c1-27(2,3)19-15-13-18(14-16-19)24(30)28(22-11-7-8-12-23(22)33-4)17-29-25(31)20-9-5-6-10-21(20)26(29)32/h5-16H,17H2,1-4H3. The molecule has 3 amide bonds. The molecule has 0 unspecified atom stereocenters. The fraction of sp³-hybridized carbons (Fsp3) is 0.222. The Hall–Kier alpha value is -3.93. The van der Waals surface area contributed by atoms with Gasteiger partial charge in [-0.15, -0.1) is 0 Å². The molecule has 3 aromatic carbocycles. The SMILES string of the molecule is COc1ccccc1N(CN1C(=O)c2ccccc2C1=O)C(=O)c1ccc(C(C)(C)C)cc1. The number of methoxy groups -OCH3 is 1. The number of nitrogens with zero attached hydrogens (tertiary/aromatic N) is 2. The molecule has 6 heteroatoms. The molecule has 0 fully saturated rings. The van der Waals surface area contributed by atoms with Gasteiger partial charge < -0.3 is 4.74 Å². The summed E-state index contributed by atoms with van der Waals surface area (Å²) in [4.78, 5) is 42.1. The first-order chi connectivity index (χ1) is 15.7. The highest BCUT2D eigenvalue weighted by molar-refractivity contribution is 6.22. The highest BCUT2D eigenvalue weighted by atomic mass is 16.5. The monoisotopic (exact) mass is 442 g/mol. The van der Waals surface area contributed by atoms with Crippen molar-refractivity contribution < 1.29 is 19.1 Å². The Kier molecular flexibility index (Phi) is 5.77. The van der Waals surface area contributed by atoms with Crippen molar-refractivity contribution in [1.82, 2.24) is 4.90 Å². The first-order valence-corrected chi connectivity index (χ1v) is 10.7. The van der Waals surface area contributed by atoms with E-state index in [1.165, 1.54) is 12.0 Å². The first-order valence-electron chi connectivity index (χ1n) is 10.7. The fourth-order valence-electron chi connectivity index (χ4n) is 3.88. The molecule has 33 heavy (non-hydrogen) atoms. The maximum atomic E-state index is 13.7. The van der Waals surface area contributed by atoms with Crippen LogP contribution in [0.5, 0.6) is 5.75 Å². The van der Waals surface area contributed by atoms with Crippen LogP contribution in [0.1, 0.15) is 57.4 Å². The van der Waals surface area contributed by atoms with Crippen molar-refractivity contribution in [3.05, 3.63) is 95.1 Å². The van der Waals surface area contributed by atoms with E-state index in [0.717, 1.165) is 10.5 Å². The van der Waals surface area contributed by atoms with Crippen LogP contribution in [0.3, 0.4) is 0 Å². The van der Waals surface area contributed by atoms with Gasteiger partial charge in [0.1, 0.15) is 12.4 Å². The minimum Gasteiger partial charge on any atom is -0.495 e. The predicted octanol–water partition coefficient (Wildman–Crippen LogP) is 4.89. The van der Waals surface area contributed by atoms with E-state index in [1.54, 1.807) is 60.7 Å². The van der Waals surface area contributed by atoms with Gasteiger partial charge in [-0.05, 0) is 47.4 Å². The topological polar surface area (TPSA) is 66.9 Å². The number of para-hydroxylation sites is 2. The van der Waals surface area contributed by atoms with Crippen LogP contribution < -0.4 is 9.64 Å². The molecule has 0 spiro atoms. The summed E-state index contributed by atoms with van der Waals surface area (Å²) in [5, 5.41) is 0. The molecule has 0 aromatic heterocycles. The Balaban J connectivity index is 1.73. The maximum Gasteiger partial charge on any atom is 0.263 e. The molecular weight excluding hydrogens is 416 g/mol. The summed E-state index contributed by atoms with van der Waals surface area (Å²) >= 11 is 0. The quantitative estimate of drug-likeness (QED) is 0.528. The zero-order valence-electron chi connectivity index (χ0n) is 19.2. The van der Waals surface area contributed by atoms with Crippen LogP contribution in [0.4, 0.5) is 5.69 Å². The molecule has 0 bridgehead atoms. The molecule has 0 aliphatic carbocycles. The number of rotatable bonds is 5. The van der Waals surface area contributed by atoms with Crippen molar-refractivity contribution in [2.75, 3.05) is 18.7 Å². The van der Waals surface area contributed by atoms with Gasteiger partial charge in [0.15, 0.2) is 0 Å². The van der Waals surface area contributed by atoms with E-state index in [-0.39, 0.29) is 18.0 Å². The van der Waals surface area contributed by atoms with E-state index in [1.807, 2.05) is 12.1 Å². The summed E-state index contributed by atoms with van der Waals surface area (Å²) < 4.78 is 5.47. The van der Waals surface area contributed by atoms with E-state index in [4.69, 9.17) is 4.74 Å². The largest absolute Gasteiger partial charge is 0.495 e. The van der Waals surface area contributed by atoms with Crippen molar-refractivity contribution in [2.24, 2.45) is 0 Å². The Bertz CT molecular complexity index is 1190. The fourth-order valence-corrected chi connectivity index (χ4v) is 3.88. The average molecular weight is 443 g/mol. The van der Waals surface area contributed by atoms with Crippen molar-refractivity contribution >= 4 is 23.4 Å². The van der Waals surface area contributed by atoms with E-state index >= 15 is 0 Å². The lowest BCUT2D eigenvalue weighted by Crippen LogP contribution is -2.44. The smallest absolute Gasteiger partial charge is 0.263 e. The highest BCUT2D eigenvalue weighted by Gasteiger charge is 2.37. The van der Waals surface area contributed by atoms with E-state index in [9.17, 15) is 14.4 Å². The van der Waals surface area contributed by atoms with Crippen LogP contribution >= 0.6 is 0 Å². The lowest BCUT2D eigenvalue weighted by molar-refractivity contribution is 0.0650. The first kappa shape index (κ1) is 22.3. The molecule has 3 aromatic rings. The number of benzene rings is 3. The summed E-state index contributed by atoms with van der Waals surface area (Å²) in [6.45, 7) is 6.08. The van der Waals surface area contributed by atoms with Crippen molar-refractivity contribution in [3.63, 3.8) is 0 Å². The molecule has 168 valence electrons. The minimum absolute atomic E-state index is 0.0515. The molecule has 1 aliphatic heterocycles. The minimum atomic E-state index is -0.425. The number of imide groups is 1. The molecular formula is C27H26N2O4. The zero-order chi connectivity index (χ0) is 23.8.